The van der Waals surface area contributed by atoms with E-state index in [1.54, 1.807) is 20.3 Å². The average molecular weight is 267 g/mol. The zero-order valence-corrected chi connectivity index (χ0v) is 11.6. The van der Waals surface area contributed by atoms with Crippen LogP contribution < -0.4 is 15.2 Å². The fraction of sp³-hybridized carbons (Fsp3) is 0.500. The highest BCUT2D eigenvalue weighted by molar-refractivity contribution is 5.66. The van der Waals surface area contributed by atoms with Crippen LogP contribution in [0.2, 0.25) is 0 Å². The Morgan fingerprint density at radius 1 is 1.37 bits per heavy atom. The van der Waals surface area contributed by atoms with Crippen LogP contribution >= 0.6 is 0 Å². The Hall–Kier alpha value is -1.75. The third-order valence-corrected chi connectivity index (χ3v) is 3.05. The van der Waals surface area contributed by atoms with E-state index in [-0.39, 0.29) is 12.5 Å². The van der Waals surface area contributed by atoms with E-state index in [0.29, 0.717) is 18.6 Å². The molecule has 1 atom stereocenters. The summed E-state index contributed by atoms with van der Waals surface area (Å²) in [5, 5.41) is 8.64. The van der Waals surface area contributed by atoms with Crippen LogP contribution in [0.5, 0.6) is 11.5 Å². The summed E-state index contributed by atoms with van der Waals surface area (Å²) in [5.41, 5.74) is 8.03. The molecule has 0 aliphatic rings. The van der Waals surface area contributed by atoms with Gasteiger partial charge in [-0.25, -0.2) is 0 Å². The maximum atomic E-state index is 10.5. The summed E-state index contributed by atoms with van der Waals surface area (Å²) < 4.78 is 10.5. The van der Waals surface area contributed by atoms with E-state index in [1.165, 1.54) is 0 Å². The summed E-state index contributed by atoms with van der Waals surface area (Å²) in [6.07, 6.45) is 1.28. The summed E-state index contributed by atoms with van der Waals surface area (Å²) in [5.74, 6) is 0.598. The fourth-order valence-corrected chi connectivity index (χ4v) is 2.11. The van der Waals surface area contributed by atoms with Gasteiger partial charge in [-0.05, 0) is 31.4 Å². The molecule has 0 aliphatic carbocycles. The van der Waals surface area contributed by atoms with Crippen LogP contribution in [-0.4, -0.2) is 25.3 Å². The molecule has 0 radical (unpaired) electrons. The summed E-state index contributed by atoms with van der Waals surface area (Å²) >= 11 is 0. The van der Waals surface area contributed by atoms with Crippen molar-refractivity contribution >= 4 is 5.97 Å². The van der Waals surface area contributed by atoms with E-state index in [2.05, 4.69) is 0 Å². The maximum absolute atomic E-state index is 10.5. The van der Waals surface area contributed by atoms with Gasteiger partial charge in [0.2, 0.25) is 0 Å². The molecule has 5 heteroatoms. The summed E-state index contributed by atoms with van der Waals surface area (Å²) in [6.45, 7) is 1.94. The van der Waals surface area contributed by atoms with Gasteiger partial charge in [-0.15, -0.1) is 0 Å². The van der Waals surface area contributed by atoms with Gasteiger partial charge in [-0.1, -0.05) is 0 Å². The van der Waals surface area contributed by atoms with Crippen molar-refractivity contribution in [2.75, 3.05) is 14.2 Å². The van der Waals surface area contributed by atoms with Crippen LogP contribution in [0.1, 0.15) is 36.4 Å². The van der Waals surface area contributed by atoms with Crippen molar-refractivity contribution in [1.29, 1.82) is 0 Å². The third-order valence-electron chi connectivity index (χ3n) is 3.05. The first-order valence-corrected chi connectivity index (χ1v) is 6.19. The van der Waals surface area contributed by atoms with Crippen LogP contribution in [0.3, 0.4) is 0 Å². The molecule has 3 N–H and O–H groups in total. The number of benzene rings is 1. The van der Waals surface area contributed by atoms with Crippen LogP contribution in [0.25, 0.3) is 0 Å². The van der Waals surface area contributed by atoms with Gasteiger partial charge in [-0.3, -0.25) is 4.79 Å². The largest absolute Gasteiger partial charge is 0.497 e. The van der Waals surface area contributed by atoms with Crippen molar-refractivity contribution < 1.29 is 19.4 Å². The number of hydrogen-bond acceptors (Lipinski definition) is 4. The van der Waals surface area contributed by atoms with Gasteiger partial charge < -0.3 is 20.3 Å². The third kappa shape index (κ3) is 4.13. The maximum Gasteiger partial charge on any atom is 0.303 e. The van der Waals surface area contributed by atoms with E-state index >= 15 is 0 Å². The molecule has 106 valence electrons. The molecule has 0 aromatic heterocycles. The molecule has 1 rings (SSSR count). The Kier molecular flexibility index (Phi) is 5.63. The number of rotatable bonds is 7. The molecule has 5 nitrogen and oxygen atoms in total. The molecular formula is C14H21NO4. The van der Waals surface area contributed by atoms with Crippen molar-refractivity contribution in [1.82, 2.24) is 0 Å². The first-order valence-electron chi connectivity index (χ1n) is 6.19. The van der Waals surface area contributed by atoms with Crippen LogP contribution in [0.4, 0.5) is 0 Å². The minimum Gasteiger partial charge on any atom is -0.497 e. The smallest absolute Gasteiger partial charge is 0.303 e. The molecule has 0 spiro atoms. The van der Waals surface area contributed by atoms with Gasteiger partial charge in [0.25, 0.3) is 0 Å². The Balaban J connectivity index is 2.88. The minimum atomic E-state index is -0.800. The number of aryl methyl sites for hydroxylation is 1. The normalized spacial score (nSPS) is 12.0. The first kappa shape index (κ1) is 15.3. The zero-order chi connectivity index (χ0) is 14.4. The number of carbonyl (C=O) groups is 1. The quantitative estimate of drug-likeness (QED) is 0.792. The number of methoxy groups -OCH3 is 2. The highest BCUT2D eigenvalue weighted by Crippen LogP contribution is 2.33. The Labute approximate surface area is 113 Å². The number of ether oxygens (including phenoxy) is 2. The molecule has 1 aromatic carbocycles. The SMILES string of the molecule is COc1cc(C)c(C(N)CCCC(=O)O)c(OC)c1. The highest BCUT2D eigenvalue weighted by Gasteiger charge is 2.16. The van der Waals surface area contributed by atoms with Gasteiger partial charge >= 0.3 is 5.97 Å². The standard InChI is InChI=1S/C14H21NO4/c1-9-7-10(18-2)8-12(19-3)14(9)11(15)5-4-6-13(16)17/h7-8,11H,4-6,15H2,1-3H3,(H,16,17). The number of nitrogens with two attached hydrogens (primary N) is 1. The van der Waals surface area contributed by atoms with Gasteiger partial charge in [-0.2, -0.15) is 0 Å². The van der Waals surface area contributed by atoms with Gasteiger partial charge in [0.05, 0.1) is 14.2 Å². The van der Waals surface area contributed by atoms with Crippen molar-refractivity contribution in [2.45, 2.75) is 32.2 Å². The molecule has 0 heterocycles. The number of hydrogen-bond donors (Lipinski definition) is 2. The molecule has 19 heavy (non-hydrogen) atoms. The Bertz CT molecular complexity index is 445. The first-order chi connectivity index (χ1) is 8.99. The Morgan fingerprint density at radius 3 is 2.58 bits per heavy atom. The highest BCUT2D eigenvalue weighted by atomic mass is 16.5. The van der Waals surface area contributed by atoms with E-state index in [1.807, 2.05) is 13.0 Å². The molecule has 0 bridgehead atoms. The number of carboxylic acid groups (broad SMARTS) is 1. The summed E-state index contributed by atoms with van der Waals surface area (Å²) in [4.78, 5) is 10.5. The lowest BCUT2D eigenvalue weighted by Gasteiger charge is -2.19. The molecule has 1 unspecified atom stereocenters. The summed E-state index contributed by atoms with van der Waals surface area (Å²) in [7, 11) is 3.18. The van der Waals surface area contributed by atoms with Gasteiger partial charge in [0.1, 0.15) is 11.5 Å². The average Bonchev–Trinajstić information content (AvgIpc) is 2.36. The van der Waals surface area contributed by atoms with Crippen LogP contribution in [0.15, 0.2) is 12.1 Å². The molecule has 0 fully saturated rings. The number of aliphatic carboxylic acids is 1. The predicted octanol–water partition coefficient (Wildman–Crippen LogP) is 2.27. The van der Waals surface area contributed by atoms with E-state index in [0.717, 1.165) is 16.9 Å². The van der Waals surface area contributed by atoms with Crippen molar-refractivity contribution in [3.63, 3.8) is 0 Å². The Morgan fingerprint density at radius 2 is 2.05 bits per heavy atom. The minimum absolute atomic E-state index is 0.130. The molecular weight excluding hydrogens is 246 g/mol. The van der Waals surface area contributed by atoms with Crippen molar-refractivity contribution in [3.8, 4) is 11.5 Å². The van der Waals surface area contributed by atoms with Crippen molar-refractivity contribution in [3.05, 3.63) is 23.3 Å². The number of carboxylic acids is 1. The lowest BCUT2D eigenvalue weighted by atomic mass is 9.96. The topological polar surface area (TPSA) is 81.8 Å². The molecule has 0 amide bonds. The lowest BCUT2D eigenvalue weighted by molar-refractivity contribution is -0.137. The van der Waals surface area contributed by atoms with E-state index < -0.39 is 5.97 Å². The molecule has 0 aliphatic heterocycles. The van der Waals surface area contributed by atoms with E-state index in [9.17, 15) is 4.79 Å². The molecule has 0 saturated carbocycles. The van der Waals surface area contributed by atoms with E-state index in [4.69, 9.17) is 20.3 Å². The van der Waals surface area contributed by atoms with Crippen LogP contribution in [0, 0.1) is 6.92 Å². The van der Waals surface area contributed by atoms with Gasteiger partial charge in [0, 0.05) is 24.1 Å². The second kappa shape index (κ2) is 6.99. The second-order valence-corrected chi connectivity index (χ2v) is 4.45. The lowest BCUT2D eigenvalue weighted by Crippen LogP contribution is -2.14. The fourth-order valence-electron chi connectivity index (χ4n) is 2.11. The molecule has 1 aromatic rings. The molecule has 0 saturated heterocycles. The van der Waals surface area contributed by atoms with Gasteiger partial charge in [0.15, 0.2) is 0 Å². The predicted molar refractivity (Wildman–Crippen MR) is 72.7 cm³/mol. The second-order valence-electron chi connectivity index (χ2n) is 4.45. The monoisotopic (exact) mass is 267 g/mol. The summed E-state index contributed by atoms with van der Waals surface area (Å²) in [6, 6.07) is 3.45. The van der Waals surface area contributed by atoms with Crippen molar-refractivity contribution in [2.24, 2.45) is 5.73 Å². The zero-order valence-electron chi connectivity index (χ0n) is 11.6. The van der Waals surface area contributed by atoms with Crippen LogP contribution in [-0.2, 0) is 4.79 Å².